The molecule has 25 heavy (non-hydrogen) atoms. The number of benzene rings is 1. The van der Waals surface area contributed by atoms with Crippen LogP contribution in [0, 0.1) is 16.0 Å². The summed E-state index contributed by atoms with van der Waals surface area (Å²) in [5.41, 5.74) is 1.02. The number of non-ortho nitro benzene ring substituents is 1. The Morgan fingerprint density at radius 3 is 2.44 bits per heavy atom. The Balaban J connectivity index is 0.00000576. The van der Waals surface area contributed by atoms with Gasteiger partial charge in [0.05, 0.1) is 11.5 Å². The van der Waals surface area contributed by atoms with Gasteiger partial charge in [0.25, 0.3) is 5.69 Å². The van der Waals surface area contributed by atoms with E-state index < -0.39 is 4.92 Å². The number of ether oxygens (including phenoxy) is 1. The molecular weight excluding hydrogens is 435 g/mol. The molecule has 1 aromatic rings. The minimum Gasteiger partial charge on any atom is -0.385 e. The number of hydrogen-bond acceptors (Lipinski definition) is 4. The van der Waals surface area contributed by atoms with Crippen LogP contribution < -0.4 is 10.6 Å². The number of methoxy groups -OCH3 is 1. The summed E-state index contributed by atoms with van der Waals surface area (Å²) in [5, 5.41) is 17.4. The second-order valence-corrected chi connectivity index (χ2v) is 6.04. The van der Waals surface area contributed by atoms with E-state index in [9.17, 15) is 10.1 Å². The van der Waals surface area contributed by atoms with Crippen molar-refractivity contribution >= 4 is 35.6 Å². The summed E-state index contributed by atoms with van der Waals surface area (Å²) >= 11 is 0. The van der Waals surface area contributed by atoms with Gasteiger partial charge in [-0.05, 0) is 24.8 Å². The molecule has 1 unspecified atom stereocenters. The van der Waals surface area contributed by atoms with E-state index in [1.807, 2.05) is 0 Å². The first-order chi connectivity index (χ1) is 11.4. The van der Waals surface area contributed by atoms with Crippen LogP contribution in [0.15, 0.2) is 29.3 Å². The molecule has 1 atom stereocenters. The van der Waals surface area contributed by atoms with Crippen LogP contribution in [0.5, 0.6) is 0 Å². The number of halogens is 1. The number of rotatable bonds is 9. The SMILES string of the molecule is COCCCNC(=NCc1ccc([N+](=O)[O-])cc1)NC(C)C(C)C.I. The zero-order valence-corrected chi connectivity index (χ0v) is 17.7. The average molecular weight is 464 g/mol. The fourth-order valence-corrected chi connectivity index (χ4v) is 1.85. The van der Waals surface area contributed by atoms with E-state index in [0.717, 1.165) is 24.5 Å². The zero-order chi connectivity index (χ0) is 17.9. The van der Waals surface area contributed by atoms with Gasteiger partial charge in [-0.15, -0.1) is 24.0 Å². The van der Waals surface area contributed by atoms with Crippen LogP contribution >= 0.6 is 24.0 Å². The monoisotopic (exact) mass is 464 g/mol. The Hall–Kier alpha value is -1.42. The molecule has 0 aliphatic rings. The van der Waals surface area contributed by atoms with Crippen molar-refractivity contribution in [2.45, 2.75) is 39.8 Å². The number of nitro groups is 1. The summed E-state index contributed by atoms with van der Waals surface area (Å²) in [5.74, 6) is 1.22. The van der Waals surface area contributed by atoms with Gasteiger partial charge in [0.2, 0.25) is 0 Å². The van der Waals surface area contributed by atoms with Gasteiger partial charge in [-0.1, -0.05) is 26.0 Å². The van der Waals surface area contributed by atoms with E-state index in [-0.39, 0.29) is 35.7 Å². The summed E-state index contributed by atoms with van der Waals surface area (Å²) < 4.78 is 5.05. The Bertz CT molecular complexity index is 535. The van der Waals surface area contributed by atoms with E-state index in [2.05, 4.69) is 36.4 Å². The van der Waals surface area contributed by atoms with Crippen LogP contribution in [-0.2, 0) is 11.3 Å². The van der Waals surface area contributed by atoms with E-state index in [0.29, 0.717) is 19.1 Å². The highest BCUT2D eigenvalue weighted by Gasteiger charge is 2.09. The van der Waals surface area contributed by atoms with Gasteiger partial charge in [0.15, 0.2) is 5.96 Å². The van der Waals surface area contributed by atoms with Gasteiger partial charge in [-0.25, -0.2) is 4.99 Å². The van der Waals surface area contributed by atoms with Crippen LogP contribution in [0.1, 0.15) is 32.8 Å². The number of guanidine groups is 1. The van der Waals surface area contributed by atoms with Crippen molar-refractivity contribution in [2.75, 3.05) is 20.3 Å². The minimum atomic E-state index is -0.401. The Labute approximate surface area is 166 Å². The smallest absolute Gasteiger partial charge is 0.269 e. The second-order valence-electron chi connectivity index (χ2n) is 6.04. The quantitative estimate of drug-likeness (QED) is 0.146. The van der Waals surface area contributed by atoms with Gasteiger partial charge in [0.1, 0.15) is 0 Å². The normalized spacial score (nSPS) is 12.4. The van der Waals surface area contributed by atoms with Crippen LogP contribution in [0.3, 0.4) is 0 Å². The maximum Gasteiger partial charge on any atom is 0.269 e. The third kappa shape index (κ3) is 9.59. The number of aliphatic imine (C=N–C) groups is 1. The molecule has 1 aromatic carbocycles. The summed E-state index contributed by atoms with van der Waals surface area (Å²) in [6.07, 6.45) is 0.894. The first-order valence-corrected chi connectivity index (χ1v) is 8.21. The topological polar surface area (TPSA) is 88.8 Å². The Morgan fingerprint density at radius 2 is 1.92 bits per heavy atom. The summed E-state index contributed by atoms with van der Waals surface area (Å²) in [7, 11) is 1.68. The predicted molar refractivity (Wildman–Crippen MR) is 112 cm³/mol. The highest BCUT2D eigenvalue weighted by atomic mass is 127. The van der Waals surface area contributed by atoms with Crippen LogP contribution in [0.4, 0.5) is 5.69 Å². The third-order valence-corrected chi connectivity index (χ3v) is 3.75. The van der Waals surface area contributed by atoms with Crippen molar-refractivity contribution in [1.29, 1.82) is 0 Å². The van der Waals surface area contributed by atoms with Crippen LogP contribution in [-0.4, -0.2) is 37.2 Å². The maximum atomic E-state index is 10.7. The van der Waals surface area contributed by atoms with Gasteiger partial charge >= 0.3 is 0 Å². The maximum absolute atomic E-state index is 10.7. The molecule has 0 radical (unpaired) electrons. The van der Waals surface area contributed by atoms with E-state index in [1.165, 1.54) is 12.1 Å². The molecule has 0 spiro atoms. The lowest BCUT2D eigenvalue weighted by molar-refractivity contribution is -0.384. The van der Waals surface area contributed by atoms with E-state index in [1.54, 1.807) is 19.2 Å². The highest BCUT2D eigenvalue weighted by Crippen LogP contribution is 2.12. The van der Waals surface area contributed by atoms with Gasteiger partial charge in [-0.2, -0.15) is 0 Å². The summed E-state index contributed by atoms with van der Waals surface area (Å²) in [6.45, 7) is 8.34. The largest absolute Gasteiger partial charge is 0.385 e. The number of nitrogens with zero attached hydrogens (tertiary/aromatic N) is 2. The molecule has 142 valence electrons. The standard InChI is InChI=1S/C17H28N4O3.HI/c1-13(2)14(3)20-17(18-10-5-11-24-4)19-12-15-6-8-16(9-7-15)21(22)23;/h6-9,13-14H,5,10-12H2,1-4H3,(H2,18,19,20);1H. The van der Waals surface area contributed by atoms with Crippen molar-refractivity contribution in [2.24, 2.45) is 10.9 Å². The lowest BCUT2D eigenvalue weighted by Crippen LogP contribution is -2.44. The highest BCUT2D eigenvalue weighted by molar-refractivity contribution is 14.0. The number of nitrogens with one attached hydrogen (secondary N) is 2. The minimum absolute atomic E-state index is 0. The van der Waals surface area contributed by atoms with Crippen molar-refractivity contribution in [3.8, 4) is 0 Å². The second kappa shape index (κ2) is 12.9. The fraction of sp³-hybridized carbons (Fsp3) is 0.588. The molecule has 0 amide bonds. The molecule has 7 nitrogen and oxygen atoms in total. The lowest BCUT2D eigenvalue weighted by Gasteiger charge is -2.21. The molecule has 0 bridgehead atoms. The number of hydrogen-bond donors (Lipinski definition) is 2. The molecule has 1 rings (SSSR count). The zero-order valence-electron chi connectivity index (χ0n) is 15.3. The molecule has 0 aromatic heterocycles. The van der Waals surface area contributed by atoms with Gasteiger partial charge in [-0.3, -0.25) is 10.1 Å². The summed E-state index contributed by atoms with van der Waals surface area (Å²) in [4.78, 5) is 14.9. The van der Waals surface area contributed by atoms with Gasteiger partial charge < -0.3 is 15.4 Å². The first-order valence-electron chi connectivity index (χ1n) is 8.21. The number of nitro benzene ring substituents is 1. The molecule has 0 saturated heterocycles. The Morgan fingerprint density at radius 1 is 1.28 bits per heavy atom. The van der Waals surface area contributed by atoms with Crippen molar-refractivity contribution < 1.29 is 9.66 Å². The van der Waals surface area contributed by atoms with E-state index >= 15 is 0 Å². The fourth-order valence-electron chi connectivity index (χ4n) is 1.85. The van der Waals surface area contributed by atoms with Crippen LogP contribution in [0.2, 0.25) is 0 Å². The summed E-state index contributed by atoms with van der Waals surface area (Å²) in [6, 6.07) is 6.75. The van der Waals surface area contributed by atoms with Gasteiger partial charge in [0, 0.05) is 38.4 Å². The molecular formula is C17H29IN4O3. The van der Waals surface area contributed by atoms with Crippen LogP contribution in [0.25, 0.3) is 0 Å². The molecule has 0 heterocycles. The lowest BCUT2D eigenvalue weighted by atomic mass is 10.1. The predicted octanol–water partition coefficient (Wildman–Crippen LogP) is 3.33. The first kappa shape index (κ1) is 23.6. The third-order valence-electron chi connectivity index (χ3n) is 3.75. The molecule has 0 saturated carbocycles. The average Bonchev–Trinajstić information content (AvgIpc) is 2.56. The molecule has 0 aliphatic heterocycles. The van der Waals surface area contributed by atoms with Crippen molar-refractivity contribution in [1.82, 2.24) is 10.6 Å². The molecule has 0 aliphatic carbocycles. The van der Waals surface area contributed by atoms with Crippen molar-refractivity contribution in [3.63, 3.8) is 0 Å². The van der Waals surface area contributed by atoms with Crippen molar-refractivity contribution in [3.05, 3.63) is 39.9 Å². The van der Waals surface area contributed by atoms with E-state index in [4.69, 9.17) is 4.74 Å². The molecule has 2 N–H and O–H groups in total. The molecule has 0 fully saturated rings. The molecule has 8 heteroatoms. The Kier molecular flexibility index (Phi) is 12.1.